The second-order valence-electron chi connectivity index (χ2n) is 3.22. The van der Waals surface area contributed by atoms with Crippen LogP contribution in [0.4, 0.5) is 0 Å². The molecule has 0 saturated carbocycles. The van der Waals surface area contributed by atoms with E-state index in [0.717, 1.165) is 12.8 Å². The van der Waals surface area contributed by atoms with Gasteiger partial charge in [0, 0.05) is 6.61 Å². The minimum Gasteiger partial charge on any atom is -0.453 e. The number of carbonyl (C=O) groups excluding carboxylic acids is 1. The molecule has 0 radical (unpaired) electrons. The van der Waals surface area contributed by atoms with Crippen LogP contribution in [-0.2, 0) is 11.3 Å². The van der Waals surface area contributed by atoms with Crippen LogP contribution >= 0.6 is 0 Å². The highest BCUT2D eigenvalue weighted by molar-refractivity contribution is 5.90. The Morgan fingerprint density at radius 2 is 2.44 bits per heavy atom. The minimum atomic E-state index is -0.446. The molecule has 5 nitrogen and oxygen atoms in total. The number of nitrogen functional groups attached to an aromatic ring is 1. The maximum Gasteiger partial charge on any atom is 0.300 e. The van der Waals surface area contributed by atoms with Gasteiger partial charge in [-0.3, -0.25) is 10.2 Å². The molecule has 0 atom stereocenters. The van der Waals surface area contributed by atoms with E-state index in [1.165, 1.54) is 0 Å². The molecule has 1 aromatic rings. The molecule has 1 amide bonds. The summed E-state index contributed by atoms with van der Waals surface area (Å²) >= 11 is 0. The highest BCUT2D eigenvalue weighted by Gasteiger charge is 2.08. The molecular formula is C11H16N2O3. The van der Waals surface area contributed by atoms with E-state index in [2.05, 4.69) is 6.58 Å². The lowest BCUT2D eigenvalue weighted by atomic mass is 10.3. The Labute approximate surface area is 94.2 Å². The fraction of sp³-hybridized carbons (Fsp3) is 0.364. The first-order chi connectivity index (χ1) is 7.77. The summed E-state index contributed by atoms with van der Waals surface area (Å²) in [5, 5.41) is 0. The lowest BCUT2D eigenvalue weighted by Gasteiger charge is -2.00. The van der Waals surface area contributed by atoms with Crippen molar-refractivity contribution in [2.75, 3.05) is 6.61 Å². The first kappa shape index (κ1) is 12.5. The molecule has 88 valence electrons. The van der Waals surface area contributed by atoms with E-state index in [1.807, 2.05) is 11.5 Å². The third-order valence-electron chi connectivity index (χ3n) is 1.96. The van der Waals surface area contributed by atoms with Gasteiger partial charge in [0.1, 0.15) is 12.4 Å². The highest BCUT2D eigenvalue weighted by atomic mass is 16.5. The summed E-state index contributed by atoms with van der Waals surface area (Å²) in [4.78, 5) is 11.1. The van der Waals surface area contributed by atoms with Crippen molar-refractivity contribution in [3.63, 3.8) is 0 Å². The van der Waals surface area contributed by atoms with Crippen LogP contribution in [-0.4, -0.2) is 12.5 Å². The molecule has 0 aliphatic carbocycles. The van der Waals surface area contributed by atoms with Gasteiger partial charge in [-0.15, -0.1) is 6.58 Å². The zero-order valence-corrected chi connectivity index (χ0v) is 9.07. The number of ether oxygens (including phenoxy) is 1. The molecule has 0 spiro atoms. The van der Waals surface area contributed by atoms with E-state index in [4.69, 9.17) is 15.0 Å². The standard InChI is InChI=1S/C11H16N2O3/c1-2-3-4-7-15-8-9-5-6-10(16-9)11(14)13-12/h2,5-6H,1,3-4,7-8,12H2,(H,13,14). The third kappa shape index (κ3) is 3.88. The summed E-state index contributed by atoms with van der Waals surface area (Å²) in [7, 11) is 0. The smallest absolute Gasteiger partial charge is 0.300 e. The second-order valence-corrected chi connectivity index (χ2v) is 3.22. The van der Waals surface area contributed by atoms with Gasteiger partial charge in [-0.1, -0.05) is 6.08 Å². The number of nitrogens with one attached hydrogen (secondary N) is 1. The molecular weight excluding hydrogens is 208 g/mol. The van der Waals surface area contributed by atoms with Crippen LogP contribution in [0, 0.1) is 0 Å². The van der Waals surface area contributed by atoms with Crippen LogP contribution in [0.15, 0.2) is 29.2 Å². The van der Waals surface area contributed by atoms with Gasteiger partial charge in [0.05, 0.1) is 0 Å². The quantitative estimate of drug-likeness (QED) is 0.241. The van der Waals surface area contributed by atoms with E-state index in [-0.39, 0.29) is 5.76 Å². The number of hydrogen-bond donors (Lipinski definition) is 2. The van der Waals surface area contributed by atoms with Crippen molar-refractivity contribution >= 4 is 5.91 Å². The molecule has 16 heavy (non-hydrogen) atoms. The average Bonchev–Trinajstić information content (AvgIpc) is 2.76. The minimum absolute atomic E-state index is 0.187. The van der Waals surface area contributed by atoms with Gasteiger partial charge in [-0.25, -0.2) is 5.84 Å². The van der Waals surface area contributed by atoms with E-state index in [0.29, 0.717) is 19.0 Å². The Kier molecular flexibility index (Phi) is 5.31. The normalized spacial score (nSPS) is 10.1. The second kappa shape index (κ2) is 6.81. The fourth-order valence-corrected chi connectivity index (χ4v) is 1.15. The maximum atomic E-state index is 11.1. The molecule has 0 fully saturated rings. The van der Waals surface area contributed by atoms with E-state index in [9.17, 15) is 4.79 Å². The Morgan fingerprint density at radius 1 is 1.62 bits per heavy atom. The SMILES string of the molecule is C=CCCCOCc1ccc(C(=O)NN)o1. The summed E-state index contributed by atoms with van der Waals surface area (Å²) in [6.45, 7) is 4.62. The summed E-state index contributed by atoms with van der Waals surface area (Å²) in [6.07, 6.45) is 3.71. The Bertz CT molecular complexity index is 347. The molecule has 0 saturated heterocycles. The van der Waals surface area contributed by atoms with Crippen LogP contribution in [0.25, 0.3) is 0 Å². The van der Waals surface area contributed by atoms with Gasteiger partial charge < -0.3 is 9.15 Å². The Balaban J connectivity index is 2.29. The Hall–Kier alpha value is -1.59. The fourth-order valence-electron chi connectivity index (χ4n) is 1.15. The largest absolute Gasteiger partial charge is 0.453 e. The van der Waals surface area contributed by atoms with Crippen molar-refractivity contribution in [2.24, 2.45) is 5.84 Å². The third-order valence-corrected chi connectivity index (χ3v) is 1.96. The van der Waals surface area contributed by atoms with Crippen LogP contribution in [0.1, 0.15) is 29.2 Å². The number of hydrogen-bond acceptors (Lipinski definition) is 4. The van der Waals surface area contributed by atoms with Crippen molar-refractivity contribution in [1.29, 1.82) is 0 Å². The number of rotatable bonds is 7. The number of unbranched alkanes of at least 4 members (excludes halogenated alkanes) is 1. The molecule has 0 aromatic carbocycles. The summed E-state index contributed by atoms with van der Waals surface area (Å²) in [5.74, 6) is 5.32. The molecule has 1 heterocycles. The van der Waals surface area contributed by atoms with Crippen molar-refractivity contribution in [1.82, 2.24) is 5.43 Å². The van der Waals surface area contributed by atoms with E-state index >= 15 is 0 Å². The first-order valence-electron chi connectivity index (χ1n) is 5.06. The van der Waals surface area contributed by atoms with Gasteiger partial charge in [-0.05, 0) is 25.0 Å². The number of carbonyl (C=O) groups is 1. The number of nitrogens with two attached hydrogens (primary N) is 1. The number of allylic oxidation sites excluding steroid dienone is 1. The zero-order chi connectivity index (χ0) is 11.8. The van der Waals surface area contributed by atoms with E-state index in [1.54, 1.807) is 12.1 Å². The molecule has 0 unspecified atom stereocenters. The Morgan fingerprint density at radius 3 is 3.12 bits per heavy atom. The molecule has 5 heteroatoms. The van der Waals surface area contributed by atoms with Crippen molar-refractivity contribution < 1.29 is 13.9 Å². The lowest BCUT2D eigenvalue weighted by molar-refractivity contribution is 0.0892. The molecule has 0 aliphatic heterocycles. The maximum absolute atomic E-state index is 11.1. The van der Waals surface area contributed by atoms with Crippen molar-refractivity contribution in [3.05, 3.63) is 36.3 Å². The number of amides is 1. The number of hydrazine groups is 1. The predicted molar refractivity (Wildman–Crippen MR) is 59.4 cm³/mol. The van der Waals surface area contributed by atoms with Crippen LogP contribution in [0.3, 0.4) is 0 Å². The molecule has 0 aliphatic rings. The first-order valence-corrected chi connectivity index (χ1v) is 5.06. The van der Waals surface area contributed by atoms with Gasteiger partial charge in [0.25, 0.3) is 0 Å². The molecule has 1 aromatic heterocycles. The predicted octanol–water partition coefficient (Wildman–Crippen LogP) is 1.37. The molecule has 3 N–H and O–H groups in total. The van der Waals surface area contributed by atoms with E-state index < -0.39 is 5.91 Å². The zero-order valence-electron chi connectivity index (χ0n) is 9.07. The van der Waals surface area contributed by atoms with Gasteiger partial charge >= 0.3 is 5.91 Å². The van der Waals surface area contributed by atoms with Crippen molar-refractivity contribution in [2.45, 2.75) is 19.4 Å². The van der Waals surface area contributed by atoms with Gasteiger partial charge in [0.15, 0.2) is 5.76 Å². The molecule has 0 bridgehead atoms. The average molecular weight is 224 g/mol. The van der Waals surface area contributed by atoms with Gasteiger partial charge in [-0.2, -0.15) is 0 Å². The van der Waals surface area contributed by atoms with Crippen LogP contribution < -0.4 is 11.3 Å². The summed E-state index contributed by atoms with van der Waals surface area (Å²) in [6, 6.07) is 3.25. The van der Waals surface area contributed by atoms with Crippen molar-refractivity contribution in [3.8, 4) is 0 Å². The lowest BCUT2D eigenvalue weighted by Crippen LogP contribution is -2.29. The monoisotopic (exact) mass is 224 g/mol. The number of furan rings is 1. The van der Waals surface area contributed by atoms with Crippen LogP contribution in [0.5, 0.6) is 0 Å². The summed E-state index contributed by atoms with van der Waals surface area (Å²) in [5.41, 5.74) is 1.99. The van der Waals surface area contributed by atoms with Crippen LogP contribution in [0.2, 0.25) is 0 Å². The summed E-state index contributed by atoms with van der Waals surface area (Å²) < 4.78 is 10.5. The van der Waals surface area contributed by atoms with Gasteiger partial charge in [0.2, 0.25) is 0 Å². The highest BCUT2D eigenvalue weighted by Crippen LogP contribution is 2.09. The topological polar surface area (TPSA) is 77.5 Å². The molecule has 1 rings (SSSR count).